The van der Waals surface area contributed by atoms with E-state index in [4.69, 9.17) is 5.11 Å². The Morgan fingerprint density at radius 3 is 2.35 bits per heavy atom. The van der Waals surface area contributed by atoms with Gasteiger partial charge < -0.3 is 25.5 Å². The van der Waals surface area contributed by atoms with E-state index in [0.29, 0.717) is 5.69 Å². The molecule has 7 nitrogen and oxygen atoms in total. The average molecular weight is 282 g/mol. The Labute approximate surface area is 115 Å². The van der Waals surface area contributed by atoms with Crippen molar-refractivity contribution in [1.82, 2.24) is 10.2 Å². The van der Waals surface area contributed by atoms with E-state index in [1.54, 1.807) is 0 Å². The molecule has 0 fully saturated rings. The van der Waals surface area contributed by atoms with Gasteiger partial charge in [-0.05, 0) is 6.07 Å². The minimum Gasteiger partial charge on any atom is -0.394 e. The molecular weight excluding hydrogens is 264 g/mol. The average Bonchev–Trinajstić information content (AvgIpc) is 2.88. The molecule has 4 atom stereocenters. The number of aromatic amines is 1. The molecule has 6 N–H and O–H groups in total. The number of H-pyrrole nitrogens is 1. The Kier molecular flexibility index (Phi) is 4.69. The lowest BCUT2D eigenvalue weighted by atomic mass is 9.99. The number of aliphatic hydroxyl groups is 5. The molecule has 0 bridgehead atoms. The fourth-order valence-corrected chi connectivity index (χ4v) is 2.06. The van der Waals surface area contributed by atoms with E-state index in [-0.39, 0.29) is 6.42 Å². The second kappa shape index (κ2) is 6.29. The van der Waals surface area contributed by atoms with Crippen molar-refractivity contribution in [2.75, 3.05) is 6.61 Å². The van der Waals surface area contributed by atoms with E-state index in [0.717, 1.165) is 10.9 Å². The lowest BCUT2D eigenvalue weighted by Crippen LogP contribution is -2.46. The normalized spacial score (nSPS) is 17.9. The van der Waals surface area contributed by atoms with Crippen LogP contribution in [0.15, 0.2) is 24.3 Å². The van der Waals surface area contributed by atoms with Gasteiger partial charge in [0.05, 0.1) is 23.9 Å². The summed E-state index contributed by atoms with van der Waals surface area (Å²) >= 11 is 0. The van der Waals surface area contributed by atoms with E-state index >= 15 is 0 Å². The second-order valence-electron chi connectivity index (χ2n) is 4.72. The van der Waals surface area contributed by atoms with Crippen LogP contribution in [-0.4, -0.2) is 66.8 Å². The summed E-state index contributed by atoms with van der Waals surface area (Å²) in [5, 5.41) is 54.8. The number of hydrogen-bond donors (Lipinski definition) is 6. The van der Waals surface area contributed by atoms with Crippen LogP contribution in [0.1, 0.15) is 5.69 Å². The first-order valence-corrected chi connectivity index (χ1v) is 6.29. The molecule has 2 aromatic rings. The molecule has 1 aromatic heterocycles. The maximum absolute atomic E-state index is 9.91. The highest BCUT2D eigenvalue weighted by Gasteiger charge is 2.30. The monoisotopic (exact) mass is 282 g/mol. The molecule has 0 saturated carbocycles. The number of rotatable bonds is 6. The van der Waals surface area contributed by atoms with E-state index < -0.39 is 31.0 Å². The first kappa shape index (κ1) is 14.9. The molecule has 0 aliphatic carbocycles. The maximum atomic E-state index is 9.91. The number of nitrogens with one attached hydrogen (secondary N) is 1. The van der Waals surface area contributed by atoms with Crippen LogP contribution in [0.5, 0.6) is 0 Å². The Hall–Kier alpha value is -1.51. The Morgan fingerprint density at radius 2 is 1.65 bits per heavy atom. The fourth-order valence-electron chi connectivity index (χ4n) is 2.06. The standard InChI is InChI=1S/C13H18N2O5/c16-6-11(18)13(20)12(19)10(17)5-9-7-3-1-2-4-8(7)14-15-9/h1-4,10-13,16-20H,5-6H2,(H,14,15)/t10-,11-,12-,13-/m1/s1. The summed E-state index contributed by atoms with van der Waals surface area (Å²) in [4.78, 5) is 0. The third-order valence-corrected chi connectivity index (χ3v) is 3.28. The quantitative estimate of drug-likeness (QED) is 0.384. The van der Waals surface area contributed by atoms with Gasteiger partial charge in [-0.25, -0.2) is 0 Å². The van der Waals surface area contributed by atoms with E-state index in [2.05, 4.69) is 10.2 Å². The van der Waals surface area contributed by atoms with Gasteiger partial charge in [0.15, 0.2) is 0 Å². The van der Waals surface area contributed by atoms with E-state index in [1.807, 2.05) is 24.3 Å². The molecule has 20 heavy (non-hydrogen) atoms. The predicted octanol–water partition coefficient (Wildman–Crippen LogP) is -1.46. The lowest BCUT2D eigenvalue weighted by Gasteiger charge is -2.25. The highest BCUT2D eigenvalue weighted by atomic mass is 16.4. The second-order valence-corrected chi connectivity index (χ2v) is 4.72. The Bertz CT molecular complexity index is 558. The Balaban J connectivity index is 2.09. The van der Waals surface area contributed by atoms with Crippen molar-refractivity contribution < 1.29 is 25.5 Å². The number of nitrogens with zero attached hydrogens (tertiary/aromatic N) is 1. The Morgan fingerprint density at radius 1 is 1.00 bits per heavy atom. The predicted molar refractivity (Wildman–Crippen MR) is 70.9 cm³/mol. The van der Waals surface area contributed by atoms with Crippen LogP contribution in [0.25, 0.3) is 10.9 Å². The van der Waals surface area contributed by atoms with Crippen LogP contribution in [-0.2, 0) is 6.42 Å². The fraction of sp³-hybridized carbons (Fsp3) is 0.462. The molecule has 0 saturated heterocycles. The largest absolute Gasteiger partial charge is 0.394 e. The molecule has 2 rings (SSSR count). The zero-order chi connectivity index (χ0) is 14.7. The van der Waals surface area contributed by atoms with Gasteiger partial charge in [0.25, 0.3) is 0 Å². The minimum atomic E-state index is -1.62. The van der Waals surface area contributed by atoms with Crippen LogP contribution in [0, 0.1) is 0 Å². The van der Waals surface area contributed by atoms with Gasteiger partial charge in [-0.15, -0.1) is 0 Å². The summed E-state index contributed by atoms with van der Waals surface area (Å²) in [6.07, 6.45) is -6.00. The van der Waals surface area contributed by atoms with E-state index in [1.165, 1.54) is 0 Å². The number of fused-ring (bicyclic) bond motifs is 1. The van der Waals surface area contributed by atoms with Crippen molar-refractivity contribution in [3.8, 4) is 0 Å². The highest BCUT2D eigenvalue weighted by molar-refractivity contribution is 5.81. The summed E-state index contributed by atoms with van der Waals surface area (Å²) in [6.45, 7) is -0.698. The van der Waals surface area contributed by atoms with Crippen LogP contribution in [0.2, 0.25) is 0 Å². The number of benzene rings is 1. The summed E-state index contributed by atoms with van der Waals surface area (Å²) in [5.41, 5.74) is 1.36. The number of hydrogen-bond acceptors (Lipinski definition) is 6. The van der Waals surface area contributed by atoms with Crippen molar-refractivity contribution in [1.29, 1.82) is 0 Å². The number of aliphatic hydroxyl groups excluding tert-OH is 5. The third-order valence-electron chi connectivity index (χ3n) is 3.28. The molecular formula is C13H18N2O5. The number of para-hydroxylation sites is 1. The summed E-state index contributed by atoms with van der Waals surface area (Å²) in [6, 6.07) is 7.33. The molecule has 0 amide bonds. The number of aromatic nitrogens is 2. The molecule has 0 aliphatic rings. The van der Waals surface area contributed by atoms with Crippen LogP contribution >= 0.6 is 0 Å². The molecule has 0 radical (unpaired) electrons. The third kappa shape index (κ3) is 2.97. The smallest absolute Gasteiger partial charge is 0.110 e. The lowest BCUT2D eigenvalue weighted by molar-refractivity contribution is -0.114. The first-order chi connectivity index (χ1) is 9.54. The SMILES string of the molecule is OC[C@@H](O)[C@@H](O)[C@H](O)[C@H](O)Cc1n[nH]c2ccccc12. The zero-order valence-electron chi connectivity index (χ0n) is 10.7. The highest BCUT2D eigenvalue weighted by Crippen LogP contribution is 2.18. The summed E-state index contributed by atoms with van der Waals surface area (Å²) in [7, 11) is 0. The van der Waals surface area contributed by atoms with Crippen molar-refractivity contribution >= 4 is 10.9 Å². The van der Waals surface area contributed by atoms with Gasteiger partial charge in [-0.3, -0.25) is 5.10 Å². The van der Waals surface area contributed by atoms with Gasteiger partial charge in [-0.1, -0.05) is 18.2 Å². The van der Waals surface area contributed by atoms with E-state index in [9.17, 15) is 20.4 Å². The maximum Gasteiger partial charge on any atom is 0.110 e. The summed E-state index contributed by atoms with van der Waals surface area (Å²) in [5.74, 6) is 0. The van der Waals surface area contributed by atoms with Gasteiger partial charge in [0, 0.05) is 11.8 Å². The van der Waals surface area contributed by atoms with Crippen LogP contribution < -0.4 is 0 Å². The van der Waals surface area contributed by atoms with Gasteiger partial charge >= 0.3 is 0 Å². The summed E-state index contributed by atoms with van der Waals surface area (Å²) < 4.78 is 0. The van der Waals surface area contributed by atoms with Gasteiger partial charge in [-0.2, -0.15) is 5.10 Å². The molecule has 0 spiro atoms. The van der Waals surface area contributed by atoms with Crippen molar-refractivity contribution in [3.05, 3.63) is 30.0 Å². The molecule has 110 valence electrons. The van der Waals surface area contributed by atoms with Crippen molar-refractivity contribution in [2.24, 2.45) is 0 Å². The van der Waals surface area contributed by atoms with Crippen molar-refractivity contribution in [3.63, 3.8) is 0 Å². The van der Waals surface area contributed by atoms with Gasteiger partial charge in [0.1, 0.15) is 18.3 Å². The zero-order valence-corrected chi connectivity index (χ0v) is 10.7. The van der Waals surface area contributed by atoms with Crippen LogP contribution in [0.3, 0.4) is 0 Å². The van der Waals surface area contributed by atoms with Crippen LogP contribution in [0.4, 0.5) is 0 Å². The molecule has 1 aromatic carbocycles. The molecule has 0 aliphatic heterocycles. The van der Waals surface area contributed by atoms with Crippen molar-refractivity contribution in [2.45, 2.75) is 30.8 Å². The molecule has 0 unspecified atom stereocenters. The topological polar surface area (TPSA) is 130 Å². The molecule has 1 heterocycles. The molecule has 7 heteroatoms. The van der Waals surface area contributed by atoms with Gasteiger partial charge in [0.2, 0.25) is 0 Å². The minimum absolute atomic E-state index is 0.0143. The first-order valence-electron chi connectivity index (χ1n) is 6.29.